The minimum absolute atomic E-state index is 0.209. The minimum Gasteiger partial charge on any atom is -0.481 e. The molecule has 0 spiro atoms. The SMILES string of the molecule is CCc1nn(C)cc1CNC(=O)N1CCC(C(=O)O)C1. The number of carboxylic acids is 1. The third kappa shape index (κ3) is 3.09. The van der Waals surface area contributed by atoms with Crippen molar-refractivity contribution in [1.82, 2.24) is 20.0 Å². The molecule has 1 aliphatic heterocycles. The first-order valence-electron chi connectivity index (χ1n) is 6.78. The molecular formula is C13H20N4O3. The first-order chi connectivity index (χ1) is 9.51. The molecule has 0 aromatic carbocycles. The lowest BCUT2D eigenvalue weighted by molar-refractivity contribution is -0.141. The number of hydrogen-bond acceptors (Lipinski definition) is 3. The molecule has 1 aromatic rings. The first-order valence-corrected chi connectivity index (χ1v) is 6.78. The third-order valence-electron chi connectivity index (χ3n) is 3.58. The highest BCUT2D eigenvalue weighted by atomic mass is 16.4. The number of carbonyl (C=O) groups is 2. The standard InChI is InChI=1S/C13H20N4O3/c1-3-11-10(7-16(2)15-11)6-14-13(20)17-5-4-9(8-17)12(18)19/h7,9H,3-6,8H2,1-2H3,(H,14,20)(H,18,19). The summed E-state index contributed by atoms with van der Waals surface area (Å²) >= 11 is 0. The van der Waals surface area contributed by atoms with Gasteiger partial charge in [0.15, 0.2) is 0 Å². The summed E-state index contributed by atoms with van der Waals surface area (Å²) in [6, 6.07) is -0.209. The van der Waals surface area contributed by atoms with E-state index in [0.717, 1.165) is 17.7 Å². The van der Waals surface area contributed by atoms with E-state index in [0.29, 0.717) is 19.5 Å². The summed E-state index contributed by atoms with van der Waals surface area (Å²) in [6.45, 7) is 3.22. The van der Waals surface area contributed by atoms with Crippen molar-refractivity contribution in [2.24, 2.45) is 13.0 Å². The van der Waals surface area contributed by atoms with Crippen LogP contribution >= 0.6 is 0 Å². The van der Waals surface area contributed by atoms with Crippen LogP contribution in [-0.2, 0) is 24.8 Å². The molecule has 0 aliphatic carbocycles. The number of amides is 2. The van der Waals surface area contributed by atoms with Gasteiger partial charge in [-0.2, -0.15) is 5.10 Å². The Bertz CT molecular complexity index is 512. The Kier molecular flexibility index (Phi) is 4.26. The molecule has 1 atom stereocenters. The molecule has 0 bridgehead atoms. The van der Waals surface area contributed by atoms with Gasteiger partial charge in [-0.1, -0.05) is 6.92 Å². The molecule has 20 heavy (non-hydrogen) atoms. The molecule has 2 N–H and O–H groups in total. The number of rotatable bonds is 4. The van der Waals surface area contributed by atoms with E-state index in [1.165, 1.54) is 0 Å². The molecule has 0 radical (unpaired) electrons. The van der Waals surface area contributed by atoms with Crippen molar-refractivity contribution in [2.45, 2.75) is 26.3 Å². The highest BCUT2D eigenvalue weighted by Gasteiger charge is 2.30. The van der Waals surface area contributed by atoms with Crippen molar-refractivity contribution in [2.75, 3.05) is 13.1 Å². The van der Waals surface area contributed by atoms with Gasteiger partial charge in [0.1, 0.15) is 0 Å². The van der Waals surface area contributed by atoms with Gasteiger partial charge in [-0.3, -0.25) is 9.48 Å². The number of aliphatic carboxylic acids is 1. The molecule has 110 valence electrons. The molecule has 2 heterocycles. The number of hydrogen-bond donors (Lipinski definition) is 2. The normalized spacial score (nSPS) is 18.3. The van der Waals surface area contributed by atoms with Gasteiger partial charge in [0.05, 0.1) is 11.6 Å². The van der Waals surface area contributed by atoms with E-state index < -0.39 is 11.9 Å². The van der Waals surface area contributed by atoms with Crippen LogP contribution in [0.3, 0.4) is 0 Å². The summed E-state index contributed by atoms with van der Waals surface area (Å²) in [6.07, 6.45) is 3.23. The molecule has 0 saturated carbocycles. The van der Waals surface area contributed by atoms with Gasteiger partial charge < -0.3 is 15.3 Å². The fourth-order valence-corrected chi connectivity index (χ4v) is 2.46. The van der Waals surface area contributed by atoms with Gasteiger partial charge >= 0.3 is 12.0 Å². The quantitative estimate of drug-likeness (QED) is 0.845. The van der Waals surface area contributed by atoms with Crippen molar-refractivity contribution in [3.8, 4) is 0 Å². The van der Waals surface area contributed by atoms with Crippen LogP contribution in [0.2, 0.25) is 0 Å². The summed E-state index contributed by atoms with van der Waals surface area (Å²) in [5, 5.41) is 16.1. The molecular weight excluding hydrogens is 260 g/mol. The smallest absolute Gasteiger partial charge is 0.317 e. The zero-order valence-electron chi connectivity index (χ0n) is 11.8. The lowest BCUT2D eigenvalue weighted by atomic mass is 10.1. The predicted molar refractivity (Wildman–Crippen MR) is 72.1 cm³/mol. The van der Waals surface area contributed by atoms with Crippen LogP contribution in [0.4, 0.5) is 4.79 Å². The first kappa shape index (κ1) is 14.4. The van der Waals surface area contributed by atoms with Crippen LogP contribution in [0.1, 0.15) is 24.6 Å². The maximum atomic E-state index is 12.0. The molecule has 1 aliphatic rings. The Morgan fingerprint density at radius 1 is 1.55 bits per heavy atom. The Morgan fingerprint density at radius 2 is 2.30 bits per heavy atom. The molecule has 7 nitrogen and oxygen atoms in total. The van der Waals surface area contributed by atoms with Crippen LogP contribution < -0.4 is 5.32 Å². The number of aromatic nitrogens is 2. The summed E-state index contributed by atoms with van der Waals surface area (Å²) in [5.74, 6) is -1.27. The number of nitrogens with one attached hydrogen (secondary N) is 1. The summed E-state index contributed by atoms with van der Waals surface area (Å²) in [5.41, 5.74) is 1.97. The molecule has 1 unspecified atom stereocenters. The largest absolute Gasteiger partial charge is 0.481 e. The van der Waals surface area contributed by atoms with E-state index in [1.807, 2.05) is 20.2 Å². The zero-order chi connectivity index (χ0) is 14.7. The maximum Gasteiger partial charge on any atom is 0.317 e. The van der Waals surface area contributed by atoms with Crippen molar-refractivity contribution in [3.05, 3.63) is 17.5 Å². The van der Waals surface area contributed by atoms with Crippen LogP contribution in [-0.4, -0.2) is 44.9 Å². The summed E-state index contributed by atoms with van der Waals surface area (Å²) in [7, 11) is 1.85. The Morgan fingerprint density at radius 3 is 2.90 bits per heavy atom. The van der Waals surface area contributed by atoms with E-state index >= 15 is 0 Å². The lowest BCUT2D eigenvalue weighted by Gasteiger charge is -2.16. The Labute approximate surface area is 117 Å². The van der Waals surface area contributed by atoms with E-state index in [4.69, 9.17) is 5.11 Å². The van der Waals surface area contributed by atoms with Gasteiger partial charge in [-0.15, -0.1) is 0 Å². The zero-order valence-corrected chi connectivity index (χ0v) is 11.8. The molecule has 2 amide bonds. The summed E-state index contributed by atoms with van der Waals surface area (Å²) < 4.78 is 1.73. The van der Waals surface area contributed by atoms with E-state index in [1.54, 1.807) is 9.58 Å². The number of likely N-dealkylation sites (tertiary alicyclic amines) is 1. The fraction of sp³-hybridized carbons (Fsp3) is 0.615. The number of urea groups is 1. The second-order valence-corrected chi connectivity index (χ2v) is 5.06. The van der Waals surface area contributed by atoms with E-state index in [2.05, 4.69) is 10.4 Å². The third-order valence-corrected chi connectivity index (χ3v) is 3.58. The topological polar surface area (TPSA) is 87.5 Å². The highest BCUT2D eigenvalue weighted by Crippen LogP contribution is 2.16. The number of carboxylic acid groups (broad SMARTS) is 1. The number of carbonyl (C=O) groups excluding carboxylic acids is 1. The molecule has 1 saturated heterocycles. The Balaban J connectivity index is 1.88. The van der Waals surface area contributed by atoms with Crippen molar-refractivity contribution < 1.29 is 14.7 Å². The molecule has 1 fully saturated rings. The highest BCUT2D eigenvalue weighted by molar-refractivity contribution is 5.77. The van der Waals surface area contributed by atoms with Gasteiger partial charge in [-0.25, -0.2) is 4.79 Å². The Hall–Kier alpha value is -2.05. The molecule has 2 rings (SSSR count). The van der Waals surface area contributed by atoms with Crippen LogP contribution in [0.15, 0.2) is 6.20 Å². The van der Waals surface area contributed by atoms with E-state index in [-0.39, 0.29) is 12.6 Å². The molecule has 7 heteroatoms. The van der Waals surface area contributed by atoms with Gasteiger partial charge in [-0.05, 0) is 12.8 Å². The van der Waals surface area contributed by atoms with Crippen LogP contribution in [0.25, 0.3) is 0 Å². The fourth-order valence-electron chi connectivity index (χ4n) is 2.46. The van der Waals surface area contributed by atoms with Crippen LogP contribution in [0.5, 0.6) is 0 Å². The number of nitrogens with zero attached hydrogens (tertiary/aromatic N) is 3. The van der Waals surface area contributed by atoms with Crippen molar-refractivity contribution >= 4 is 12.0 Å². The predicted octanol–water partition coefficient (Wildman–Crippen LogP) is 0.599. The maximum absolute atomic E-state index is 12.0. The van der Waals surface area contributed by atoms with Crippen molar-refractivity contribution in [1.29, 1.82) is 0 Å². The van der Waals surface area contributed by atoms with Gasteiger partial charge in [0.2, 0.25) is 0 Å². The second-order valence-electron chi connectivity index (χ2n) is 5.06. The van der Waals surface area contributed by atoms with Crippen molar-refractivity contribution in [3.63, 3.8) is 0 Å². The summed E-state index contributed by atoms with van der Waals surface area (Å²) in [4.78, 5) is 24.4. The average molecular weight is 280 g/mol. The van der Waals surface area contributed by atoms with Gasteiger partial charge in [0, 0.05) is 38.4 Å². The average Bonchev–Trinajstić information content (AvgIpc) is 3.02. The van der Waals surface area contributed by atoms with Gasteiger partial charge in [0.25, 0.3) is 0 Å². The molecule has 1 aromatic heterocycles. The lowest BCUT2D eigenvalue weighted by Crippen LogP contribution is -2.38. The second kappa shape index (κ2) is 5.94. The van der Waals surface area contributed by atoms with E-state index in [9.17, 15) is 9.59 Å². The monoisotopic (exact) mass is 280 g/mol. The minimum atomic E-state index is -0.833. The number of aryl methyl sites for hydroxylation is 2. The van der Waals surface area contributed by atoms with Crippen LogP contribution in [0, 0.1) is 5.92 Å².